The van der Waals surface area contributed by atoms with Crippen LogP contribution in [0.25, 0.3) is 0 Å². The van der Waals surface area contributed by atoms with Gasteiger partial charge in [0.15, 0.2) is 0 Å². The van der Waals surface area contributed by atoms with E-state index < -0.39 is 5.60 Å². The maximum absolute atomic E-state index is 11.0. The van der Waals surface area contributed by atoms with Crippen LogP contribution in [-0.4, -0.2) is 19.6 Å². The quantitative estimate of drug-likeness (QED) is 0.826. The number of nitrogens with one attached hydrogen (secondary N) is 1. The van der Waals surface area contributed by atoms with Gasteiger partial charge in [-0.2, -0.15) is 0 Å². The highest BCUT2D eigenvalue weighted by Gasteiger charge is 2.29. The summed E-state index contributed by atoms with van der Waals surface area (Å²) in [6.07, 6.45) is 0.813. The molecule has 16 heavy (non-hydrogen) atoms. The van der Waals surface area contributed by atoms with Gasteiger partial charge in [-0.05, 0) is 12.0 Å². The highest BCUT2D eigenvalue weighted by molar-refractivity contribution is 5.72. The number of carbonyl (C=O) groups excluding carboxylic acids is 1. The molecule has 0 bridgehead atoms. The van der Waals surface area contributed by atoms with Crippen molar-refractivity contribution in [3.63, 3.8) is 0 Å². The van der Waals surface area contributed by atoms with Crippen LogP contribution in [0, 0.1) is 0 Å². The summed E-state index contributed by atoms with van der Waals surface area (Å²) in [5.41, 5.74) is 0.668. The van der Waals surface area contributed by atoms with Crippen LogP contribution in [0.5, 0.6) is 0 Å². The Balaban J connectivity index is 2.92. The first-order valence-electron chi connectivity index (χ1n) is 5.49. The van der Waals surface area contributed by atoms with Crippen molar-refractivity contribution in [1.82, 2.24) is 5.32 Å². The molecule has 0 aliphatic rings. The first-order chi connectivity index (χ1) is 7.64. The molecule has 1 rings (SSSR count). The van der Waals surface area contributed by atoms with Gasteiger partial charge in [0.2, 0.25) is 5.91 Å². The SMILES string of the molecule is CC[C@](CNC(C)=O)(OC)c1ccccc1. The number of amides is 1. The van der Waals surface area contributed by atoms with E-state index >= 15 is 0 Å². The van der Waals surface area contributed by atoms with Gasteiger partial charge in [-0.15, -0.1) is 0 Å². The van der Waals surface area contributed by atoms with E-state index in [1.165, 1.54) is 6.92 Å². The molecule has 0 aliphatic heterocycles. The van der Waals surface area contributed by atoms with E-state index in [4.69, 9.17) is 4.74 Å². The van der Waals surface area contributed by atoms with Crippen molar-refractivity contribution in [3.05, 3.63) is 35.9 Å². The Kier molecular flexibility index (Phi) is 4.50. The van der Waals surface area contributed by atoms with Gasteiger partial charge in [-0.3, -0.25) is 4.79 Å². The van der Waals surface area contributed by atoms with Crippen LogP contribution in [0.1, 0.15) is 25.8 Å². The smallest absolute Gasteiger partial charge is 0.216 e. The monoisotopic (exact) mass is 221 g/mol. The molecule has 1 amide bonds. The Hall–Kier alpha value is -1.35. The summed E-state index contributed by atoms with van der Waals surface area (Å²) >= 11 is 0. The van der Waals surface area contributed by atoms with Crippen LogP contribution in [0.4, 0.5) is 0 Å². The molecule has 3 nitrogen and oxygen atoms in total. The van der Waals surface area contributed by atoms with Gasteiger partial charge in [-0.1, -0.05) is 37.3 Å². The Morgan fingerprint density at radius 1 is 1.38 bits per heavy atom. The van der Waals surface area contributed by atoms with Crippen molar-refractivity contribution in [2.45, 2.75) is 25.9 Å². The van der Waals surface area contributed by atoms with Gasteiger partial charge >= 0.3 is 0 Å². The molecular weight excluding hydrogens is 202 g/mol. The number of carbonyl (C=O) groups is 1. The predicted molar refractivity (Wildman–Crippen MR) is 64.1 cm³/mol. The molecule has 1 atom stereocenters. The first-order valence-corrected chi connectivity index (χ1v) is 5.49. The summed E-state index contributed by atoms with van der Waals surface area (Å²) in [5, 5.41) is 2.82. The van der Waals surface area contributed by atoms with Crippen molar-refractivity contribution >= 4 is 5.91 Å². The van der Waals surface area contributed by atoms with E-state index in [9.17, 15) is 4.79 Å². The van der Waals surface area contributed by atoms with Gasteiger partial charge in [0.1, 0.15) is 5.60 Å². The van der Waals surface area contributed by atoms with Gasteiger partial charge in [0.05, 0.1) is 6.54 Å². The molecule has 0 spiro atoms. The van der Waals surface area contributed by atoms with E-state index in [-0.39, 0.29) is 5.91 Å². The standard InChI is InChI=1S/C13H19NO2/c1-4-13(16-3,10-14-11(2)15)12-8-6-5-7-9-12/h5-9H,4,10H2,1-3H3,(H,14,15)/t13-/m1/s1. The lowest BCUT2D eigenvalue weighted by Crippen LogP contribution is -2.41. The van der Waals surface area contributed by atoms with Crippen molar-refractivity contribution in [3.8, 4) is 0 Å². The minimum absolute atomic E-state index is 0.0363. The van der Waals surface area contributed by atoms with Crippen LogP contribution in [-0.2, 0) is 15.1 Å². The zero-order valence-electron chi connectivity index (χ0n) is 10.1. The van der Waals surface area contributed by atoms with E-state index in [1.54, 1.807) is 7.11 Å². The molecule has 0 unspecified atom stereocenters. The van der Waals surface area contributed by atoms with Gasteiger partial charge in [0.25, 0.3) is 0 Å². The Bertz CT molecular complexity index is 331. The highest BCUT2D eigenvalue weighted by atomic mass is 16.5. The molecule has 1 aromatic carbocycles. The van der Waals surface area contributed by atoms with Crippen LogP contribution in [0.2, 0.25) is 0 Å². The van der Waals surface area contributed by atoms with Crippen LogP contribution >= 0.6 is 0 Å². The van der Waals surface area contributed by atoms with Crippen LogP contribution < -0.4 is 5.32 Å². The number of rotatable bonds is 5. The second kappa shape index (κ2) is 5.66. The Morgan fingerprint density at radius 3 is 2.44 bits per heavy atom. The average Bonchev–Trinajstić information content (AvgIpc) is 2.32. The number of benzene rings is 1. The molecule has 1 N–H and O–H groups in total. The third-order valence-corrected chi connectivity index (χ3v) is 2.88. The Morgan fingerprint density at radius 2 is 2.00 bits per heavy atom. The summed E-state index contributed by atoms with van der Waals surface area (Å²) in [5.74, 6) is -0.0363. The fourth-order valence-electron chi connectivity index (χ4n) is 1.77. The van der Waals surface area contributed by atoms with E-state index in [0.717, 1.165) is 12.0 Å². The molecule has 0 heterocycles. The third kappa shape index (κ3) is 2.83. The van der Waals surface area contributed by atoms with E-state index in [2.05, 4.69) is 12.2 Å². The van der Waals surface area contributed by atoms with Gasteiger partial charge in [0, 0.05) is 14.0 Å². The Labute approximate surface area is 96.8 Å². The molecule has 1 aromatic rings. The van der Waals surface area contributed by atoms with Crippen molar-refractivity contribution in [1.29, 1.82) is 0 Å². The summed E-state index contributed by atoms with van der Waals surface area (Å²) < 4.78 is 5.61. The summed E-state index contributed by atoms with van der Waals surface area (Å²) in [6, 6.07) is 9.97. The second-order valence-corrected chi connectivity index (χ2v) is 3.83. The van der Waals surface area contributed by atoms with Crippen molar-refractivity contribution in [2.24, 2.45) is 0 Å². The zero-order valence-corrected chi connectivity index (χ0v) is 10.1. The molecule has 0 fully saturated rings. The van der Waals surface area contributed by atoms with Crippen LogP contribution in [0.15, 0.2) is 30.3 Å². The zero-order chi connectivity index (χ0) is 12.0. The lowest BCUT2D eigenvalue weighted by atomic mass is 9.90. The molecule has 0 aromatic heterocycles. The van der Waals surface area contributed by atoms with Gasteiger partial charge < -0.3 is 10.1 Å². The lowest BCUT2D eigenvalue weighted by molar-refractivity contribution is -0.120. The minimum atomic E-state index is -0.424. The van der Waals surface area contributed by atoms with E-state index in [0.29, 0.717) is 6.54 Å². The average molecular weight is 221 g/mol. The largest absolute Gasteiger partial charge is 0.372 e. The summed E-state index contributed by atoms with van der Waals surface area (Å²) in [7, 11) is 1.68. The first kappa shape index (κ1) is 12.7. The predicted octanol–water partition coefficient (Wildman–Crippen LogP) is 2.07. The number of ether oxygens (including phenoxy) is 1. The molecule has 88 valence electrons. The minimum Gasteiger partial charge on any atom is -0.372 e. The number of hydrogen-bond acceptors (Lipinski definition) is 2. The fraction of sp³-hybridized carbons (Fsp3) is 0.462. The normalized spacial score (nSPS) is 14.2. The maximum atomic E-state index is 11.0. The molecular formula is C13H19NO2. The number of methoxy groups -OCH3 is 1. The van der Waals surface area contributed by atoms with Crippen molar-refractivity contribution < 1.29 is 9.53 Å². The summed E-state index contributed by atoms with van der Waals surface area (Å²) in [6.45, 7) is 4.07. The summed E-state index contributed by atoms with van der Waals surface area (Å²) in [4.78, 5) is 11.0. The second-order valence-electron chi connectivity index (χ2n) is 3.83. The van der Waals surface area contributed by atoms with E-state index in [1.807, 2.05) is 30.3 Å². The van der Waals surface area contributed by atoms with Gasteiger partial charge in [-0.25, -0.2) is 0 Å². The molecule has 0 saturated carbocycles. The highest BCUT2D eigenvalue weighted by Crippen LogP contribution is 2.27. The fourth-order valence-corrected chi connectivity index (χ4v) is 1.77. The topological polar surface area (TPSA) is 38.3 Å². The third-order valence-electron chi connectivity index (χ3n) is 2.88. The molecule has 3 heteroatoms. The molecule has 0 saturated heterocycles. The van der Waals surface area contributed by atoms with Crippen LogP contribution in [0.3, 0.4) is 0 Å². The lowest BCUT2D eigenvalue weighted by Gasteiger charge is -2.32. The maximum Gasteiger partial charge on any atom is 0.216 e. The van der Waals surface area contributed by atoms with Crippen molar-refractivity contribution in [2.75, 3.05) is 13.7 Å². The molecule has 0 radical (unpaired) electrons. The molecule has 0 aliphatic carbocycles. The number of hydrogen-bond donors (Lipinski definition) is 1.